The van der Waals surface area contributed by atoms with Crippen molar-refractivity contribution >= 4 is 5.91 Å². The van der Waals surface area contributed by atoms with Crippen LogP contribution in [0.5, 0.6) is 0 Å². The summed E-state index contributed by atoms with van der Waals surface area (Å²) in [6.07, 6.45) is 20.4. The van der Waals surface area contributed by atoms with Crippen LogP contribution in [-0.2, 0) is 14.3 Å². The summed E-state index contributed by atoms with van der Waals surface area (Å²) in [5.41, 5.74) is -0.935. The van der Waals surface area contributed by atoms with E-state index in [1.807, 2.05) is 6.08 Å². The van der Waals surface area contributed by atoms with Gasteiger partial charge in [-0.05, 0) is 26.2 Å². The Morgan fingerprint density at radius 2 is 1.29 bits per heavy atom. The molecule has 0 saturated carbocycles. The molecule has 0 spiro atoms. The Morgan fingerprint density at radius 3 is 1.83 bits per heavy atom. The van der Waals surface area contributed by atoms with E-state index in [9.17, 15) is 40.5 Å². The third-order valence-corrected chi connectivity index (χ3v) is 10.0. The Labute approximate surface area is 314 Å². The summed E-state index contributed by atoms with van der Waals surface area (Å²) in [5, 5.41) is 75.1. The quantitative estimate of drug-likeness (QED) is 0.0323. The third kappa shape index (κ3) is 22.1. The van der Waals surface area contributed by atoms with Gasteiger partial charge in [0.25, 0.3) is 0 Å². The Kier molecular flexibility index (Phi) is 27.9. The minimum absolute atomic E-state index is 0.277. The van der Waals surface area contributed by atoms with E-state index in [2.05, 4.69) is 19.2 Å². The first-order valence-electron chi connectivity index (χ1n) is 20.6. The van der Waals surface area contributed by atoms with Gasteiger partial charge < -0.3 is 50.5 Å². The molecule has 1 aliphatic heterocycles. The van der Waals surface area contributed by atoms with Crippen LogP contribution in [0.2, 0.25) is 0 Å². The zero-order chi connectivity index (χ0) is 38.6. The zero-order valence-electron chi connectivity index (χ0n) is 32.8. The van der Waals surface area contributed by atoms with Crippen LogP contribution < -0.4 is 5.32 Å². The predicted molar refractivity (Wildman–Crippen MR) is 205 cm³/mol. The summed E-state index contributed by atoms with van der Waals surface area (Å²) >= 11 is 0. The predicted octanol–water partition coefficient (Wildman–Crippen LogP) is 5.49. The van der Waals surface area contributed by atoms with Gasteiger partial charge >= 0.3 is 0 Å². The Bertz CT molecular complexity index is 929. The van der Waals surface area contributed by atoms with Gasteiger partial charge in [0.2, 0.25) is 5.91 Å². The van der Waals surface area contributed by atoms with E-state index in [-0.39, 0.29) is 13.0 Å². The van der Waals surface area contributed by atoms with Crippen molar-refractivity contribution in [3.63, 3.8) is 0 Å². The average molecular weight is 744 g/mol. The van der Waals surface area contributed by atoms with Crippen molar-refractivity contribution in [3.8, 4) is 0 Å². The molecule has 11 nitrogen and oxygen atoms in total. The van der Waals surface area contributed by atoms with E-state index in [0.717, 1.165) is 32.1 Å². The number of allylic oxidation sites excluding steroid dienone is 2. The summed E-state index contributed by atoms with van der Waals surface area (Å²) < 4.78 is 11.1. The summed E-state index contributed by atoms with van der Waals surface area (Å²) in [4.78, 5) is 13.0. The molecule has 0 aromatic heterocycles. The van der Waals surface area contributed by atoms with Gasteiger partial charge in [-0.15, -0.1) is 0 Å². The van der Waals surface area contributed by atoms with Gasteiger partial charge in [-0.1, -0.05) is 160 Å². The monoisotopic (exact) mass is 744 g/mol. The van der Waals surface area contributed by atoms with Crippen molar-refractivity contribution in [1.82, 2.24) is 5.32 Å². The third-order valence-electron chi connectivity index (χ3n) is 10.0. The molecule has 1 rings (SSSR count). The maximum atomic E-state index is 13.0. The minimum Gasteiger partial charge on any atom is -0.394 e. The van der Waals surface area contributed by atoms with Crippen LogP contribution in [0.25, 0.3) is 0 Å². The highest BCUT2D eigenvalue weighted by molar-refractivity contribution is 5.80. The fourth-order valence-corrected chi connectivity index (χ4v) is 6.49. The molecule has 52 heavy (non-hydrogen) atoms. The van der Waals surface area contributed by atoms with Crippen LogP contribution in [0, 0.1) is 0 Å². The number of rotatable bonds is 32. The molecule has 0 aromatic rings. The molecule has 0 radical (unpaired) electrons. The molecule has 1 fully saturated rings. The van der Waals surface area contributed by atoms with Crippen LogP contribution in [0.3, 0.4) is 0 Å². The topological polar surface area (TPSA) is 189 Å². The van der Waals surface area contributed by atoms with Gasteiger partial charge in [0.05, 0.1) is 31.0 Å². The van der Waals surface area contributed by atoms with Crippen molar-refractivity contribution < 1.29 is 50.0 Å². The van der Waals surface area contributed by atoms with Crippen molar-refractivity contribution in [2.75, 3.05) is 13.2 Å². The van der Waals surface area contributed by atoms with Gasteiger partial charge in [-0.2, -0.15) is 0 Å². The molecule has 306 valence electrons. The first-order valence-corrected chi connectivity index (χ1v) is 20.6. The number of aliphatic hydroxyl groups is 7. The van der Waals surface area contributed by atoms with Crippen LogP contribution >= 0.6 is 0 Å². The lowest BCUT2D eigenvalue weighted by atomic mass is 9.96. The summed E-state index contributed by atoms with van der Waals surface area (Å²) in [5.74, 6) is -0.667. The molecule has 1 aliphatic rings. The first kappa shape index (κ1) is 48.6. The molecule has 0 aliphatic carbocycles. The second-order valence-electron chi connectivity index (χ2n) is 15.1. The average Bonchev–Trinajstić information content (AvgIpc) is 3.12. The van der Waals surface area contributed by atoms with Gasteiger partial charge in [-0.3, -0.25) is 4.79 Å². The molecule has 1 amide bonds. The Balaban J connectivity index is 2.64. The lowest BCUT2D eigenvalue weighted by Gasteiger charge is -2.40. The SMILES string of the molecule is CCCCCCCCCCCCCC[C@@H](O)C(=O)N[C@@H](CO[C@@H]1O[C@H](CO)[C@@H](O)[C@H](O)[C@H]1O)[C@H](O)/C=C/C/C=C/[C@@](C)(O)CCCCCCCCC. The minimum atomic E-state index is -1.64. The maximum absolute atomic E-state index is 13.0. The molecule has 8 N–H and O–H groups in total. The number of carbonyl (C=O) groups is 1. The van der Waals surface area contributed by atoms with Gasteiger partial charge in [0.15, 0.2) is 6.29 Å². The fraction of sp³-hybridized carbons (Fsp3) is 0.878. The number of aliphatic hydroxyl groups excluding tert-OH is 6. The molecule has 1 saturated heterocycles. The molecule has 9 atom stereocenters. The van der Waals surface area contributed by atoms with E-state index in [4.69, 9.17) is 9.47 Å². The lowest BCUT2D eigenvalue weighted by molar-refractivity contribution is -0.302. The van der Waals surface area contributed by atoms with Crippen molar-refractivity contribution in [1.29, 1.82) is 0 Å². The lowest BCUT2D eigenvalue weighted by Crippen LogP contribution is -2.60. The number of carbonyl (C=O) groups excluding carboxylic acids is 1. The van der Waals surface area contributed by atoms with Crippen LogP contribution in [0.1, 0.15) is 162 Å². The second-order valence-corrected chi connectivity index (χ2v) is 15.1. The second kappa shape index (κ2) is 29.9. The number of unbranched alkanes of at least 4 members (excludes halogenated alkanes) is 17. The van der Waals surface area contributed by atoms with Gasteiger partial charge in [0, 0.05) is 0 Å². The van der Waals surface area contributed by atoms with Crippen LogP contribution in [0.4, 0.5) is 0 Å². The van der Waals surface area contributed by atoms with Crippen LogP contribution in [-0.4, -0.2) is 109 Å². The Hall–Kier alpha value is -1.41. The van der Waals surface area contributed by atoms with E-state index < -0.39 is 67.1 Å². The molecule has 11 heteroatoms. The highest BCUT2D eigenvalue weighted by Gasteiger charge is 2.44. The van der Waals surface area contributed by atoms with Crippen molar-refractivity contribution in [3.05, 3.63) is 24.3 Å². The molecule has 1 heterocycles. The first-order chi connectivity index (χ1) is 25.0. The molecule has 0 aromatic carbocycles. The van der Waals surface area contributed by atoms with Gasteiger partial charge in [-0.25, -0.2) is 0 Å². The molecular weight excluding hydrogens is 666 g/mol. The smallest absolute Gasteiger partial charge is 0.249 e. The highest BCUT2D eigenvalue weighted by atomic mass is 16.7. The van der Waals surface area contributed by atoms with Crippen molar-refractivity contribution in [2.24, 2.45) is 0 Å². The number of amides is 1. The summed E-state index contributed by atoms with van der Waals surface area (Å²) in [6.45, 7) is 5.22. The molecule has 0 bridgehead atoms. The van der Waals surface area contributed by atoms with Crippen LogP contribution in [0.15, 0.2) is 24.3 Å². The molecule has 0 unspecified atom stereocenters. The van der Waals surface area contributed by atoms with E-state index in [0.29, 0.717) is 19.3 Å². The largest absolute Gasteiger partial charge is 0.394 e. The summed E-state index contributed by atoms with van der Waals surface area (Å²) in [6, 6.07) is -1.06. The zero-order valence-corrected chi connectivity index (χ0v) is 32.8. The standard InChI is InChI=1S/C41H77NO10/c1-4-6-8-10-12-13-14-15-16-17-19-22-27-34(45)39(49)42-32(31-51-40-38(48)37(47)36(46)35(30-43)52-40)33(44)26-23-21-25-29-41(3,50)28-24-20-18-11-9-7-5-2/h23,25-26,29,32-38,40,43-48,50H,4-22,24,27-28,30-31H2,1-3H3,(H,42,49)/b26-23+,29-25+/t32-,33+,34+,35+,36+,37-,38+,40+,41-/m0/s1. The highest BCUT2D eigenvalue weighted by Crippen LogP contribution is 2.23. The molecular formula is C41H77NO10. The van der Waals surface area contributed by atoms with E-state index in [1.54, 1.807) is 19.1 Å². The van der Waals surface area contributed by atoms with E-state index >= 15 is 0 Å². The van der Waals surface area contributed by atoms with E-state index in [1.165, 1.54) is 89.5 Å². The number of nitrogens with one attached hydrogen (secondary N) is 1. The van der Waals surface area contributed by atoms with Gasteiger partial charge in [0.1, 0.15) is 30.5 Å². The normalized spacial score (nSPS) is 23.9. The fourth-order valence-electron chi connectivity index (χ4n) is 6.49. The Morgan fingerprint density at radius 1 is 0.769 bits per heavy atom. The van der Waals surface area contributed by atoms with Crippen molar-refractivity contribution in [2.45, 2.75) is 217 Å². The number of hydrogen-bond donors (Lipinski definition) is 8. The number of ether oxygens (including phenoxy) is 2. The maximum Gasteiger partial charge on any atom is 0.249 e. The number of hydrogen-bond acceptors (Lipinski definition) is 10. The summed E-state index contributed by atoms with van der Waals surface area (Å²) in [7, 11) is 0.